The van der Waals surface area contributed by atoms with E-state index in [0.29, 0.717) is 11.5 Å². The fraction of sp³-hybridized carbons (Fsp3) is 0.360. The maximum atomic E-state index is 7.33. The van der Waals surface area contributed by atoms with Crippen molar-refractivity contribution < 1.29 is 41.2 Å². The number of benzene rings is 6. The fourth-order valence-corrected chi connectivity index (χ4v) is 15.3. The lowest BCUT2D eigenvalue weighted by Gasteiger charge is -2.47. The molecule has 2 heterocycles. The number of rotatable bonds is 18. The van der Waals surface area contributed by atoms with Crippen molar-refractivity contribution in [3.05, 3.63) is 121 Å². The molecule has 2 aliphatic heterocycles. The molecule has 0 saturated carbocycles. The third-order valence-corrected chi connectivity index (χ3v) is 23.0. The van der Waals surface area contributed by atoms with Crippen molar-refractivity contribution in [2.45, 2.75) is 104 Å². The number of fused-ring (bicyclic) bond motifs is 7. The van der Waals surface area contributed by atoms with Crippen LogP contribution in [0.4, 0.5) is 0 Å². The van der Waals surface area contributed by atoms with Gasteiger partial charge in [0.05, 0.1) is 36.9 Å². The lowest BCUT2D eigenvalue weighted by atomic mass is 9.84. The Hall–Kier alpha value is -4.21. The summed E-state index contributed by atoms with van der Waals surface area (Å²) in [7, 11) is -6.51. The van der Waals surface area contributed by atoms with Gasteiger partial charge in [-0.05, 0) is 95.3 Å². The Balaban J connectivity index is 1.30. The molecule has 1 fully saturated rings. The third-order valence-electron chi connectivity index (χ3n) is 13.4. The van der Waals surface area contributed by atoms with Gasteiger partial charge in [-0.2, -0.15) is 0 Å². The molecule has 9 nitrogen and oxygen atoms in total. The highest BCUT2D eigenvalue weighted by Gasteiger charge is 2.55. The van der Waals surface area contributed by atoms with Crippen LogP contribution in [0, 0.1) is 0 Å². The highest BCUT2D eigenvalue weighted by Crippen LogP contribution is 2.56. The molecule has 334 valence electrons. The molecule has 64 heavy (non-hydrogen) atoms. The Morgan fingerprint density at radius 3 is 1.23 bits per heavy atom. The van der Waals surface area contributed by atoms with E-state index >= 15 is 0 Å². The zero-order valence-corrected chi connectivity index (χ0v) is 40.8. The molecular weight excluding hydrogens is 833 g/mol. The Morgan fingerprint density at radius 2 is 0.859 bits per heavy atom. The second-order valence-electron chi connectivity index (χ2n) is 17.2. The van der Waals surface area contributed by atoms with Gasteiger partial charge in [0, 0.05) is 21.9 Å². The second-order valence-corrected chi connectivity index (χ2v) is 26.7. The summed E-state index contributed by atoms with van der Waals surface area (Å²) in [5.41, 5.74) is 5.67. The van der Waals surface area contributed by atoms with E-state index in [1.54, 1.807) is 0 Å². The van der Waals surface area contributed by atoms with Crippen LogP contribution in [-0.4, -0.2) is 63.7 Å². The van der Waals surface area contributed by atoms with Gasteiger partial charge in [-0.1, -0.05) is 151 Å². The summed E-state index contributed by atoms with van der Waals surface area (Å²) in [6.07, 6.45) is -0.444. The Kier molecular flexibility index (Phi) is 14.6. The van der Waals surface area contributed by atoms with Crippen LogP contribution >= 0.6 is 0 Å². The average molecular weight is 896 g/mol. The van der Waals surface area contributed by atoms with Gasteiger partial charge >= 0.3 is 21.6 Å². The van der Waals surface area contributed by atoms with E-state index in [0.717, 1.165) is 91.2 Å². The van der Waals surface area contributed by atoms with Gasteiger partial charge < -0.3 is 41.2 Å². The van der Waals surface area contributed by atoms with Crippen LogP contribution in [0.5, 0.6) is 11.5 Å². The second kappa shape index (κ2) is 20.1. The first-order valence-electron chi connectivity index (χ1n) is 23.4. The summed E-state index contributed by atoms with van der Waals surface area (Å²) in [5, 5.41) is 3.68. The van der Waals surface area contributed by atoms with Crippen molar-refractivity contribution in [1.29, 1.82) is 0 Å². The van der Waals surface area contributed by atoms with Crippen molar-refractivity contribution in [3.63, 3.8) is 0 Å². The van der Waals surface area contributed by atoms with Gasteiger partial charge in [-0.25, -0.2) is 0 Å². The molecule has 0 amide bonds. The van der Waals surface area contributed by atoms with Crippen LogP contribution in [0.25, 0.3) is 54.9 Å². The first-order chi connectivity index (χ1) is 31.1. The van der Waals surface area contributed by atoms with Crippen molar-refractivity contribution in [2.24, 2.45) is 0 Å². The van der Waals surface area contributed by atoms with E-state index in [1.807, 2.05) is 50.2 Å². The molecule has 0 bridgehead atoms. The van der Waals surface area contributed by atoms with Crippen LogP contribution in [0.1, 0.15) is 55.4 Å². The standard InChI is InChI=1S/C50H62B3O9Si2/c1-9-63(10-2,11-3)58-37(7)35-54-51-60-52(55-36-38(8)59-64(12-4,13-5)14-6)62-53(61-51)56-49-43-31-23-21-29-41(43)33-45(39-25-17-15-18-26-39)47(49)48-46(40-27-19-16-20-28-40)34-42-30-22-24-32-44(42)50(48)57-53/h15-34,37-38H,9-14,35-36H2,1-8H3/q-1/t37-,38-/m1/s1. The van der Waals surface area contributed by atoms with E-state index in [4.69, 9.17) is 41.2 Å². The minimum absolute atomic E-state index is 0.199. The number of hydrogen-bond acceptors (Lipinski definition) is 9. The summed E-state index contributed by atoms with van der Waals surface area (Å²) in [6.45, 7) is 14.6. The molecular formula is C50H62B3O9Si2-. The number of hydrogen-bond donors (Lipinski definition) is 0. The smallest absolute Gasteiger partial charge is 0.630 e. The Bertz CT molecular complexity index is 2320. The monoisotopic (exact) mass is 895 g/mol. The maximum Gasteiger partial charge on any atom is 0.630 e. The molecule has 0 N–H and O–H groups in total. The van der Waals surface area contributed by atoms with Gasteiger partial charge in [-0.3, -0.25) is 0 Å². The summed E-state index contributed by atoms with van der Waals surface area (Å²) in [5.74, 6) is 1.09. The van der Waals surface area contributed by atoms with E-state index in [9.17, 15) is 0 Å². The van der Waals surface area contributed by atoms with Crippen molar-refractivity contribution >= 4 is 59.8 Å². The van der Waals surface area contributed by atoms with E-state index in [2.05, 4.69) is 126 Å². The lowest BCUT2D eigenvalue weighted by Crippen LogP contribution is -2.67. The van der Waals surface area contributed by atoms with Crippen molar-refractivity contribution in [2.75, 3.05) is 13.2 Å². The third kappa shape index (κ3) is 9.54. The molecule has 8 rings (SSSR count). The largest absolute Gasteiger partial charge is 0.635 e. The first kappa shape index (κ1) is 46.3. The first-order valence-corrected chi connectivity index (χ1v) is 28.5. The van der Waals surface area contributed by atoms with Crippen LogP contribution in [0.2, 0.25) is 36.3 Å². The zero-order valence-electron chi connectivity index (χ0n) is 38.8. The summed E-state index contributed by atoms with van der Waals surface area (Å²) < 4.78 is 61.3. The fourth-order valence-electron chi connectivity index (χ4n) is 9.45. The molecule has 1 saturated heterocycles. The van der Waals surface area contributed by atoms with Crippen molar-refractivity contribution in [3.8, 4) is 44.9 Å². The zero-order chi connectivity index (χ0) is 44.9. The SMILES string of the molecule is CC[Si](CC)(CC)O[C@H](C)COB1OB(OC[C@@H](C)O[Si](CC)(CC)CC)O[B-]2(O1)Oc1c(c(-c3ccccc3)cc3ccccc13)-c1c(-c3ccccc3)cc3ccccc3c1O2. The Morgan fingerprint density at radius 1 is 0.500 bits per heavy atom. The highest BCUT2D eigenvalue weighted by molar-refractivity contribution is 6.75. The molecule has 0 aliphatic carbocycles. The minimum atomic E-state index is -3.25. The highest BCUT2D eigenvalue weighted by atomic mass is 28.4. The maximum absolute atomic E-state index is 7.33. The van der Waals surface area contributed by atoms with Gasteiger partial charge in [0.1, 0.15) is 0 Å². The summed E-state index contributed by atoms with van der Waals surface area (Å²) in [6, 6.07) is 47.8. The quantitative estimate of drug-likeness (QED) is 0.0783. The molecule has 0 aromatic heterocycles. The van der Waals surface area contributed by atoms with Crippen molar-refractivity contribution in [1.82, 2.24) is 0 Å². The molecule has 1 spiro atoms. The van der Waals surface area contributed by atoms with Crippen LogP contribution in [-0.2, 0) is 31.9 Å². The normalized spacial score (nSPS) is 15.9. The van der Waals surface area contributed by atoms with Gasteiger partial charge in [0.25, 0.3) is 0 Å². The summed E-state index contributed by atoms with van der Waals surface area (Å²) >= 11 is 0. The topological polar surface area (TPSA) is 83.1 Å². The average Bonchev–Trinajstić information content (AvgIpc) is 3.48. The van der Waals surface area contributed by atoms with E-state index in [-0.39, 0.29) is 25.4 Å². The van der Waals surface area contributed by atoms with Gasteiger partial charge in [0.2, 0.25) is 0 Å². The molecule has 14 heteroatoms. The van der Waals surface area contributed by atoms with Crippen LogP contribution in [0.15, 0.2) is 121 Å². The molecule has 0 radical (unpaired) electrons. The molecule has 6 aromatic carbocycles. The van der Waals surface area contributed by atoms with E-state index < -0.39 is 38.2 Å². The molecule has 0 unspecified atom stereocenters. The summed E-state index contributed by atoms with van der Waals surface area (Å²) in [4.78, 5) is 0. The van der Waals surface area contributed by atoms with Crippen LogP contribution < -0.4 is 9.31 Å². The minimum Gasteiger partial charge on any atom is -0.635 e. The van der Waals surface area contributed by atoms with Crippen LogP contribution in [0.3, 0.4) is 0 Å². The predicted octanol–water partition coefficient (Wildman–Crippen LogP) is 13.1. The van der Waals surface area contributed by atoms with Gasteiger partial charge in [-0.15, -0.1) is 0 Å². The lowest BCUT2D eigenvalue weighted by molar-refractivity contribution is 0.0144. The van der Waals surface area contributed by atoms with E-state index in [1.165, 1.54) is 0 Å². The predicted molar refractivity (Wildman–Crippen MR) is 267 cm³/mol. The molecule has 2 atom stereocenters. The Labute approximate surface area is 382 Å². The molecule has 6 aromatic rings. The van der Waals surface area contributed by atoms with Gasteiger partial charge in [0.15, 0.2) is 16.6 Å². The molecule has 2 aliphatic rings.